The zero-order valence-corrected chi connectivity index (χ0v) is 39.9. The number of nitrogens with one attached hydrogen (secondary N) is 1. The second-order valence-corrected chi connectivity index (χ2v) is 17.8. The summed E-state index contributed by atoms with van der Waals surface area (Å²) in [7, 11) is 0. The number of carbonyl (C=O) groups excluding carboxylic acids is 2. The SMILES string of the molecule is CCCCCCCC/C=C\CCCCCCCC(=O)OCCCCCCCCCC/C=C\CCCCCCCCCC(=O)NC(CO)C(O)/C=C/CCCCCCCCC. The number of ether oxygens (including phenoxy) is 1. The van der Waals surface area contributed by atoms with Crippen LogP contribution in [0.5, 0.6) is 0 Å². The van der Waals surface area contributed by atoms with Gasteiger partial charge in [-0.2, -0.15) is 0 Å². The Hall–Kier alpha value is -1.92. The van der Waals surface area contributed by atoms with Gasteiger partial charge in [-0.25, -0.2) is 0 Å². The van der Waals surface area contributed by atoms with E-state index in [4.69, 9.17) is 4.74 Å². The van der Waals surface area contributed by atoms with Gasteiger partial charge in [0.15, 0.2) is 0 Å². The van der Waals surface area contributed by atoms with Crippen LogP contribution in [0.1, 0.15) is 271 Å². The number of rotatable bonds is 48. The lowest BCUT2D eigenvalue weighted by Gasteiger charge is -2.20. The Bertz CT molecular complexity index is 977. The fourth-order valence-electron chi connectivity index (χ4n) is 7.80. The fraction of sp³-hybridized carbons (Fsp3) is 0.852. The number of esters is 1. The van der Waals surface area contributed by atoms with Gasteiger partial charge in [0.05, 0.1) is 25.4 Å². The first-order chi connectivity index (χ1) is 29.5. The molecule has 3 N–H and O–H groups in total. The van der Waals surface area contributed by atoms with Crippen LogP contribution in [0, 0.1) is 0 Å². The number of allylic oxidation sites excluding steroid dienone is 5. The van der Waals surface area contributed by atoms with Gasteiger partial charge >= 0.3 is 5.97 Å². The Kier molecular flexibility index (Phi) is 48.1. The number of aliphatic hydroxyl groups is 2. The first kappa shape index (κ1) is 58.1. The summed E-state index contributed by atoms with van der Waals surface area (Å²) in [6, 6.07) is -0.633. The molecule has 0 saturated carbocycles. The Morgan fingerprint density at radius 2 is 0.783 bits per heavy atom. The number of hydrogen-bond donors (Lipinski definition) is 3. The molecule has 0 bridgehead atoms. The van der Waals surface area contributed by atoms with Gasteiger partial charge in [-0.3, -0.25) is 9.59 Å². The van der Waals surface area contributed by atoms with Crippen LogP contribution >= 0.6 is 0 Å². The minimum atomic E-state index is -0.848. The molecule has 0 fully saturated rings. The van der Waals surface area contributed by atoms with Gasteiger partial charge in [-0.05, 0) is 83.5 Å². The van der Waals surface area contributed by atoms with Crippen molar-refractivity contribution >= 4 is 11.9 Å². The van der Waals surface area contributed by atoms with Crippen LogP contribution in [0.4, 0.5) is 0 Å². The Labute approximate surface area is 373 Å². The highest BCUT2D eigenvalue weighted by molar-refractivity contribution is 5.76. The summed E-state index contributed by atoms with van der Waals surface area (Å²) in [6.45, 7) is 4.85. The van der Waals surface area contributed by atoms with Crippen LogP contribution < -0.4 is 5.32 Å². The highest BCUT2D eigenvalue weighted by atomic mass is 16.5. The third-order valence-corrected chi connectivity index (χ3v) is 11.9. The molecule has 60 heavy (non-hydrogen) atoms. The van der Waals surface area contributed by atoms with Crippen LogP contribution in [0.3, 0.4) is 0 Å². The summed E-state index contributed by atoms with van der Waals surface area (Å²) in [5.74, 6) is -0.0869. The van der Waals surface area contributed by atoms with Gasteiger partial charge in [0.25, 0.3) is 0 Å². The van der Waals surface area contributed by atoms with E-state index in [1.54, 1.807) is 6.08 Å². The molecule has 0 heterocycles. The summed E-state index contributed by atoms with van der Waals surface area (Å²) in [4.78, 5) is 24.4. The molecular weight excluding hydrogens is 743 g/mol. The van der Waals surface area contributed by atoms with Crippen LogP contribution in [-0.4, -0.2) is 47.4 Å². The van der Waals surface area contributed by atoms with E-state index in [1.807, 2.05) is 6.08 Å². The smallest absolute Gasteiger partial charge is 0.305 e. The van der Waals surface area contributed by atoms with Crippen molar-refractivity contribution in [3.05, 3.63) is 36.5 Å². The molecule has 0 aliphatic rings. The largest absolute Gasteiger partial charge is 0.466 e. The molecule has 6 heteroatoms. The molecule has 0 aromatic rings. The van der Waals surface area contributed by atoms with Crippen molar-refractivity contribution in [2.24, 2.45) is 0 Å². The molecule has 0 aliphatic heterocycles. The quantitative estimate of drug-likeness (QED) is 0.0322. The monoisotopic (exact) mass is 844 g/mol. The van der Waals surface area contributed by atoms with E-state index >= 15 is 0 Å². The van der Waals surface area contributed by atoms with Gasteiger partial charge in [0, 0.05) is 12.8 Å². The Balaban J connectivity index is 3.44. The summed E-state index contributed by atoms with van der Waals surface area (Å²) in [5, 5.41) is 22.9. The van der Waals surface area contributed by atoms with Crippen molar-refractivity contribution in [1.82, 2.24) is 5.32 Å². The van der Waals surface area contributed by atoms with Gasteiger partial charge in [0.2, 0.25) is 5.91 Å². The number of amides is 1. The third kappa shape index (κ3) is 45.6. The Morgan fingerprint density at radius 3 is 1.18 bits per heavy atom. The van der Waals surface area contributed by atoms with Crippen molar-refractivity contribution in [2.45, 2.75) is 283 Å². The Morgan fingerprint density at radius 1 is 0.450 bits per heavy atom. The topological polar surface area (TPSA) is 95.9 Å². The molecule has 1 amide bonds. The number of carbonyl (C=O) groups is 2. The van der Waals surface area contributed by atoms with E-state index in [-0.39, 0.29) is 18.5 Å². The fourth-order valence-corrected chi connectivity index (χ4v) is 7.80. The number of aliphatic hydroxyl groups excluding tert-OH is 2. The standard InChI is InChI=1S/C54H101NO5/c1-3-5-7-9-11-13-14-15-21-25-28-32-36-40-44-48-54(59)60-49-45-41-37-33-29-26-23-20-18-16-17-19-22-24-27-31-35-39-43-47-53(58)55-51(50-56)52(57)46-42-38-34-30-12-10-8-6-4-2/h15-17,21,42,46,51-52,56-57H,3-14,18-20,22-41,43-45,47-50H2,1-2H3,(H,55,58)/b17-16-,21-15-,46-42+. The van der Waals surface area contributed by atoms with Crippen LogP contribution in [0.15, 0.2) is 36.5 Å². The molecule has 2 atom stereocenters. The van der Waals surface area contributed by atoms with E-state index in [2.05, 4.69) is 43.5 Å². The molecule has 2 unspecified atom stereocenters. The lowest BCUT2D eigenvalue weighted by atomic mass is 10.1. The predicted molar refractivity (Wildman–Crippen MR) is 259 cm³/mol. The molecule has 0 aliphatic carbocycles. The average Bonchev–Trinajstić information content (AvgIpc) is 3.25. The zero-order chi connectivity index (χ0) is 43.7. The van der Waals surface area contributed by atoms with Crippen molar-refractivity contribution < 1.29 is 24.5 Å². The molecule has 0 saturated heterocycles. The van der Waals surface area contributed by atoms with Crippen LogP contribution in [0.25, 0.3) is 0 Å². The van der Waals surface area contributed by atoms with E-state index in [0.29, 0.717) is 19.4 Å². The molecule has 0 spiro atoms. The molecule has 6 nitrogen and oxygen atoms in total. The van der Waals surface area contributed by atoms with E-state index < -0.39 is 12.1 Å². The summed E-state index contributed by atoms with van der Waals surface area (Å²) < 4.78 is 5.46. The first-order valence-electron chi connectivity index (χ1n) is 26.3. The maximum absolute atomic E-state index is 12.4. The van der Waals surface area contributed by atoms with Crippen LogP contribution in [0.2, 0.25) is 0 Å². The van der Waals surface area contributed by atoms with Crippen molar-refractivity contribution in [1.29, 1.82) is 0 Å². The molecular formula is C54H101NO5. The van der Waals surface area contributed by atoms with Crippen molar-refractivity contribution in [2.75, 3.05) is 13.2 Å². The summed E-state index contributed by atoms with van der Waals surface area (Å²) in [6.07, 6.45) is 60.1. The lowest BCUT2D eigenvalue weighted by molar-refractivity contribution is -0.143. The van der Waals surface area contributed by atoms with E-state index in [0.717, 1.165) is 51.4 Å². The molecule has 0 aromatic carbocycles. The summed E-state index contributed by atoms with van der Waals surface area (Å²) in [5.41, 5.74) is 0. The lowest BCUT2D eigenvalue weighted by Crippen LogP contribution is -2.45. The first-order valence-corrected chi connectivity index (χ1v) is 26.3. The maximum Gasteiger partial charge on any atom is 0.305 e. The molecule has 0 aromatic heterocycles. The van der Waals surface area contributed by atoms with E-state index in [1.165, 1.54) is 193 Å². The van der Waals surface area contributed by atoms with Gasteiger partial charge in [-0.1, -0.05) is 211 Å². The highest BCUT2D eigenvalue weighted by Crippen LogP contribution is 2.15. The van der Waals surface area contributed by atoms with Crippen LogP contribution in [-0.2, 0) is 14.3 Å². The van der Waals surface area contributed by atoms with Gasteiger partial charge < -0.3 is 20.3 Å². The molecule has 0 rings (SSSR count). The van der Waals surface area contributed by atoms with Crippen molar-refractivity contribution in [3.63, 3.8) is 0 Å². The van der Waals surface area contributed by atoms with Crippen molar-refractivity contribution in [3.8, 4) is 0 Å². The zero-order valence-electron chi connectivity index (χ0n) is 39.9. The normalized spacial score (nSPS) is 12.9. The predicted octanol–water partition coefficient (Wildman–Crippen LogP) is 15.7. The minimum absolute atomic E-state index is 0.00560. The minimum Gasteiger partial charge on any atom is -0.466 e. The number of hydrogen-bond acceptors (Lipinski definition) is 5. The third-order valence-electron chi connectivity index (χ3n) is 11.9. The van der Waals surface area contributed by atoms with E-state index in [9.17, 15) is 19.8 Å². The summed E-state index contributed by atoms with van der Waals surface area (Å²) >= 11 is 0. The average molecular weight is 844 g/mol. The highest BCUT2D eigenvalue weighted by Gasteiger charge is 2.18. The van der Waals surface area contributed by atoms with Gasteiger partial charge in [-0.15, -0.1) is 0 Å². The number of unbranched alkanes of at least 4 members (excludes halogenated alkanes) is 33. The maximum atomic E-state index is 12.4. The second-order valence-electron chi connectivity index (χ2n) is 17.8. The molecule has 0 radical (unpaired) electrons. The molecule has 352 valence electrons. The second kappa shape index (κ2) is 49.7. The van der Waals surface area contributed by atoms with Gasteiger partial charge in [0.1, 0.15) is 0 Å².